The molecule has 1 heterocycles. The number of carbonyl (C=O) groups is 1. The minimum absolute atomic E-state index is 0.314. The summed E-state index contributed by atoms with van der Waals surface area (Å²) in [5, 5.41) is 13.5. The van der Waals surface area contributed by atoms with Gasteiger partial charge >= 0.3 is 5.97 Å². The molecule has 0 aromatic carbocycles. The Bertz CT molecular complexity index is 372. The first-order chi connectivity index (χ1) is 7.55. The predicted molar refractivity (Wildman–Crippen MR) is 64.6 cm³/mol. The molecule has 0 radical (unpaired) electrons. The minimum atomic E-state index is -0.706. The third-order valence-corrected chi connectivity index (χ3v) is 4.33. The molecule has 1 atom stereocenters. The summed E-state index contributed by atoms with van der Waals surface area (Å²) in [6.07, 6.45) is 2.08. The van der Waals surface area contributed by atoms with Crippen molar-refractivity contribution in [1.82, 2.24) is 4.90 Å². The van der Waals surface area contributed by atoms with Crippen LogP contribution in [0, 0.1) is 5.92 Å². The SMILES string of the molecule is CN(Cc1ccsc1)C(C)(C(=O)O)C1CC1. The molecule has 4 heteroatoms. The Hall–Kier alpha value is -0.870. The summed E-state index contributed by atoms with van der Waals surface area (Å²) in [7, 11) is 1.91. The number of carboxylic acids is 1. The number of carboxylic acid groups (broad SMARTS) is 1. The Labute approximate surface area is 99.7 Å². The highest BCUT2D eigenvalue weighted by atomic mass is 32.1. The van der Waals surface area contributed by atoms with E-state index in [1.54, 1.807) is 11.3 Å². The van der Waals surface area contributed by atoms with Gasteiger partial charge in [-0.05, 0) is 55.1 Å². The summed E-state index contributed by atoms with van der Waals surface area (Å²) in [4.78, 5) is 13.4. The second kappa shape index (κ2) is 4.18. The van der Waals surface area contributed by atoms with Gasteiger partial charge in [0.1, 0.15) is 5.54 Å². The van der Waals surface area contributed by atoms with Crippen molar-refractivity contribution in [3.63, 3.8) is 0 Å². The van der Waals surface area contributed by atoms with Crippen LogP contribution in [0.5, 0.6) is 0 Å². The van der Waals surface area contributed by atoms with E-state index in [9.17, 15) is 9.90 Å². The molecule has 0 spiro atoms. The van der Waals surface area contributed by atoms with Crippen molar-refractivity contribution in [3.05, 3.63) is 22.4 Å². The Morgan fingerprint density at radius 1 is 1.69 bits per heavy atom. The van der Waals surface area contributed by atoms with Gasteiger partial charge in [-0.3, -0.25) is 9.69 Å². The molecule has 1 fully saturated rings. The average molecular weight is 239 g/mol. The second-order valence-electron chi connectivity index (χ2n) is 4.71. The van der Waals surface area contributed by atoms with Crippen molar-refractivity contribution in [2.75, 3.05) is 7.05 Å². The Morgan fingerprint density at radius 3 is 2.81 bits per heavy atom. The van der Waals surface area contributed by atoms with Crippen LogP contribution in [0.15, 0.2) is 16.8 Å². The highest BCUT2D eigenvalue weighted by Gasteiger charge is 2.50. The van der Waals surface area contributed by atoms with Crippen molar-refractivity contribution >= 4 is 17.3 Å². The van der Waals surface area contributed by atoms with Crippen LogP contribution in [-0.4, -0.2) is 28.6 Å². The lowest BCUT2D eigenvalue weighted by atomic mass is 9.93. The second-order valence-corrected chi connectivity index (χ2v) is 5.49. The Kier molecular flexibility index (Phi) is 3.04. The molecule has 1 unspecified atom stereocenters. The lowest BCUT2D eigenvalue weighted by molar-refractivity contribution is -0.151. The van der Waals surface area contributed by atoms with Gasteiger partial charge in [-0.25, -0.2) is 0 Å². The van der Waals surface area contributed by atoms with E-state index in [-0.39, 0.29) is 0 Å². The molecule has 2 rings (SSSR count). The fourth-order valence-corrected chi connectivity index (χ4v) is 2.78. The summed E-state index contributed by atoms with van der Waals surface area (Å²) < 4.78 is 0. The highest BCUT2D eigenvalue weighted by Crippen LogP contribution is 2.43. The van der Waals surface area contributed by atoms with Gasteiger partial charge in [-0.1, -0.05) is 0 Å². The van der Waals surface area contributed by atoms with Crippen LogP contribution in [0.3, 0.4) is 0 Å². The third kappa shape index (κ3) is 1.99. The number of aliphatic carboxylic acids is 1. The molecule has 88 valence electrons. The zero-order valence-electron chi connectivity index (χ0n) is 9.64. The molecule has 1 aliphatic carbocycles. The monoisotopic (exact) mass is 239 g/mol. The highest BCUT2D eigenvalue weighted by molar-refractivity contribution is 7.07. The van der Waals surface area contributed by atoms with Gasteiger partial charge in [0.15, 0.2) is 0 Å². The van der Waals surface area contributed by atoms with Crippen molar-refractivity contribution in [2.24, 2.45) is 5.92 Å². The van der Waals surface area contributed by atoms with E-state index in [0.717, 1.165) is 12.8 Å². The topological polar surface area (TPSA) is 40.5 Å². The molecule has 1 saturated carbocycles. The molecule has 1 aliphatic rings. The van der Waals surface area contributed by atoms with E-state index in [1.807, 2.05) is 24.3 Å². The van der Waals surface area contributed by atoms with Crippen LogP contribution >= 0.6 is 11.3 Å². The third-order valence-electron chi connectivity index (χ3n) is 3.60. The van der Waals surface area contributed by atoms with Crippen LogP contribution in [-0.2, 0) is 11.3 Å². The molecule has 0 saturated heterocycles. The largest absolute Gasteiger partial charge is 0.480 e. The Morgan fingerprint density at radius 2 is 2.38 bits per heavy atom. The van der Waals surface area contributed by atoms with Gasteiger partial charge < -0.3 is 5.11 Å². The van der Waals surface area contributed by atoms with E-state index in [2.05, 4.69) is 11.4 Å². The molecular formula is C12H17NO2S. The normalized spacial score (nSPS) is 19.7. The maximum absolute atomic E-state index is 11.4. The lowest BCUT2D eigenvalue weighted by Gasteiger charge is -2.35. The van der Waals surface area contributed by atoms with E-state index < -0.39 is 11.5 Å². The number of nitrogens with zero attached hydrogens (tertiary/aromatic N) is 1. The van der Waals surface area contributed by atoms with Gasteiger partial charge in [0.05, 0.1) is 0 Å². The number of thiophene rings is 1. The number of hydrogen-bond acceptors (Lipinski definition) is 3. The fourth-order valence-electron chi connectivity index (χ4n) is 2.12. The summed E-state index contributed by atoms with van der Waals surface area (Å²) in [5.74, 6) is -0.388. The molecular weight excluding hydrogens is 222 g/mol. The summed E-state index contributed by atoms with van der Waals surface area (Å²) in [6, 6.07) is 2.05. The van der Waals surface area contributed by atoms with Crippen molar-refractivity contribution < 1.29 is 9.90 Å². The predicted octanol–water partition coefficient (Wildman–Crippen LogP) is 2.43. The molecule has 16 heavy (non-hydrogen) atoms. The number of rotatable bonds is 5. The molecule has 1 aromatic heterocycles. The molecule has 0 aliphatic heterocycles. The maximum atomic E-state index is 11.4. The van der Waals surface area contributed by atoms with E-state index in [0.29, 0.717) is 12.5 Å². The quantitative estimate of drug-likeness (QED) is 0.858. The van der Waals surface area contributed by atoms with Crippen LogP contribution in [0.2, 0.25) is 0 Å². The van der Waals surface area contributed by atoms with Crippen molar-refractivity contribution in [1.29, 1.82) is 0 Å². The number of hydrogen-bond donors (Lipinski definition) is 1. The van der Waals surface area contributed by atoms with Crippen molar-refractivity contribution in [3.8, 4) is 0 Å². The van der Waals surface area contributed by atoms with E-state index >= 15 is 0 Å². The van der Waals surface area contributed by atoms with E-state index in [4.69, 9.17) is 0 Å². The van der Waals surface area contributed by atoms with Crippen LogP contribution < -0.4 is 0 Å². The van der Waals surface area contributed by atoms with Crippen LogP contribution in [0.25, 0.3) is 0 Å². The molecule has 0 bridgehead atoms. The first kappa shape index (κ1) is 11.6. The smallest absolute Gasteiger partial charge is 0.324 e. The van der Waals surface area contributed by atoms with Crippen LogP contribution in [0.1, 0.15) is 25.3 Å². The van der Waals surface area contributed by atoms with Crippen LogP contribution in [0.4, 0.5) is 0 Å². The van der Waals surface area contributed by atoms with Gasteiger partial charge in [0.2, 0.25) is 0 Å². The first-order valence-corrected chi connectivity index (χ1v) is 6.45. The zero-order valence-corrected chi connectivity index (χ0v) is 10.5. The standard InChI is InChI=1S/C12H17NO2S/c1-12(11(14)15,10-3-4-10)13(2)7-9-5-6-16-8-9/h5-6,8,10H,3-4,7H2,1-2H3,(H,14,15). The molecule has 3 nitrogen and oxygen atoms in total. The first-order valence-electron chi connectivity index (χ1n) is 5.51. The fraction of sp³-hybridized carbons (Fsp3) is 0.583. The van der Waals surface area contributed by atoms with Gasteiger partial charge in [-0.15, -0.1) is 0 Å². The Balaban J connectivity index is 2.11. The van der Waals surface area contributed by atoms with Gasteiger partial charge in [0.25, 0.3) is 0 Å². The molecule has 0 amide bonds. The van der Waals surface area contributed by atoms with Gasteiger partial charge in [-0.2, -0.15) is 11.3 Å². The summed E-state index contributed by atoms with van der Waals surface area (Å²) in [6.45, 7) is 2.56. The zero-order chi connectivity index (χ0) is 11.8. The van der Waals surface area contributed by atoms with Crippen molar-refractivity contribution in [2.45, 2.75) is 31.8 Å². The number of likely N-dealkylation sites (N-methyl/N-ethyl adjacent to an activating group) is 1. The summed E-state index contributed by atoms with van der Waals surface area (Å²) >= 11 is 1.65. The summed E-state index contributed by atoms with van der Waals surface area (Å²) in [5.41, 5.74) is 0.489. The lowest BCUT2D eigenvalue weighted by Crippen LogP contribution is -2.51. The van der Waals surface area contributed by atoms with E-state index in [1.165, 1.54) is 5.56 Å². The molecule has 1 aromatic rings. The van der Waals surface area contributed by atoms with Gasteiger partial charge in [0, 0.05) is 6.54 Å². The maximum Gasteiger partial charge on any atom is 0.324 e. The molecule has 1 N–H and O–H groups in total. The minimum Gasteiger partial charge on any atom is -0.480 e. The average Bonchev–Trinajstić information content (AvgIpc) is 2.97.